The van der Waals surface area contributed by atoms with Crippen molar-refractivity contribution in [1.29, 1.82) is 0 Å². The number of hydrogen-bond donors (Lipinski definition) is 3. The van der Waals surface area contributed by atoms with Crippen molar-refractivity contribution in [2.45, 2.75) is 0 Å². The Morgan fingerprint density at radius 3 is 2.70 bits per heavy atom. The molecule has 5 aromatic rings. The van der Waals surface area contributed by atoms with Crippen LogP contribution >= 0.6 is 23.2 Å². The minimum atomic E-state index is -0.378. The number of nitrogen functional groups attached to an aromatic ring is 1. The second-order valence-electron chi connectivity index (χ2n) is 6.18. The third-order valence-electron chi connectivity index (χ3n) is 4.70. The highest BCUT2D eigenvalue weighted by Gasteiger charge is 2.19. The van der Waals surface area contributed by atoms with Gasteiger partial charge in [-0.25, -0.2) is 0 Å². The molecule has 0 spiro atoms. The van der Waals surface area contributed by atoms with Gasteiger partial charge in [-0.05, 0) is 29.8 Å². The fourth-order valence-corrected chi connectivity index (χ4v) is 3.96. The fourth-order valence-electron chi connectivity index (χ4n) is 3.49. The smallest absolute Gasteiger partial charge is 0.272 e. The lowest BCUT2D eigenvalue weighted by atomic mass is 9.95. The van der Waals surface area contributed by atoms with E-state index in [2.05, 4.69) is 20.2 Å². The van der Waals surface area contributed by atoms with Crippen molar-refractivity contribution in [2.24, 2.45) is 0 Å². The number of anilines is 1. The molecule has 4 N–H and O–H groups in total. The lowest BCUT2D eigenvalue weighted by Crippen LogP contribution is -2.13. The molecule has 0 fully saturated rings. The monoisotopic (exact) mass is 395 g/mol. The summed E-state index contributed by atoms with van der Waals surface area (Å²) < 4.78 is 0. The average Bonchev–Trinajstić information content (AvgIpc) is 3.16. The lowest BCUT2D eigenvalue weighted by molar-refractivity contribution is 1.12. The number of nitrogens with zero attached hydrogens (tertiary/aromatic N) is 2. The second kappa shape index (κ2) is 5.70. The van der Waals surface area contributed by atoms with Crippen molar-refractivity contribution in [1.82, 2.24) is 20.2 Å². The van der Waals surface area contributed by atoms with Crippen molar-refractivity contribution in [3.8, 4) is 11.1 Å². The minimum Gasteiger partial charge on any atom is -0.394 e. The van der Waals surface area contributed by atoms with Crippen LogP contribution in [0.5, 0.6) is 0 Å². The van der Waals surface area contributed by atoms with E-state index < -0.39 is 0 Å². The molecule has 0 saturated heterocycles. The number of nitrogens with one attached hydrogen (secondary N) is 2. The Balaban J connectivity index is 2.03. The molecule has 27 heavy (non-hydrogen) atoms. The summed E-state index contributed by atoms with van der Waals surface area (Å²) in [6.45, 7) is 0. The van der Waals surface area contributed by atoms with E-state index in [-0.39, 0.29) is 11.2 Å². The van der Waals surface area contributed by atoms with Gasteiger partial charge < -0.3 is 10.7 Å². The summed E-state index contributed by atoms with van der Waals surface area (Å²) in [5, 5.41) is 10.2. The van der Waals surface area contributed by atoms with Crippen LogP contribution in [-0.4, -0.2) is 20.2 Å². The van der Waals surface area contributed by atoms with Crippen LogP contribution < -0.4 is 11.3 Å². The van der Waals surface area contributed by atoms with E-state index in [0.29, 0.717) is 32.2 Å². The Morgan fingerprint density at radius 2 is 1.85 bits per heavy atom. The molecule has 0 aliphatic rings. The first-order chi connectivity index (χ1) is 13.1. The summed E-state index contributed by atoms with van der Waals surface area (Å²) in [5.74, 6) is 0. The van der Waals surface area contributed by atoms with Crippen LogP contribution in [-0.2, 0) is 0 Å². The Bertz CT molecular complexity index is 1440. The Kier molecular flexibility index (Phi) is 3.40. The van der Waals surface area contributed by atoms with Gasteiger partial charge in [0.15, 0.2) is 0 Å². The van der Waals surface area contributed by atoms with E-state index in [1.165, 1.54) is 0 Å². The van der Waals surface area contributed by atoms with Crippen LogP contribution in [0.3, 0.4) is 0 Å². The van der Waals surface area contributed by atoms with E-state index in [4.69, 9.17) is 28.9 Å². The van der Waals surface area contributed by atoms with Crippen LogP contribution in [0.25, 0.3) is 43.8 Å². The van der Waals surface area contributed by atoms with Crippen LogP contribution in [0, 0.1) is 0 Å². The summed E-state index contributed by atoms with van der Waals surface area (Å²) in [5.41, 5.74) is 9.18. The molecule has 0 amide bonds. The molecule has 3 heterocycles. The molecule has 2 aromatic carbocycles. The molecule has 3 aromatic heterocycles. The van der Waals surface area contributed by atoms with Gasteiger partial charge in [-0.3, -0.25) is 14.9 Å². The zero-order chi connectivity index (χ0) is 18.7. The van der Waals surface area contributed by atoms with Crippen LogP contribution in [0.1, 0.15) is 0 Å². The molecule has 6 nitrogen and oxygen atoms in total. The fraction of sp³-hybridized carbons (Fsp3) is 0. The lowest BCUT2D eigenvalue weighted by Gasteiger charge is -2.13. The first-order valence-electron chi connectivity index (χ1n) is 8.07. The van der Waals surface area contributed by atoms with Gasteiger partial charge in [0.2, 0.25) is 0 Å². The average molecular weight is 396 g/mol. The van der Waals surface area contributed by atoms with E-state index in [9.17, 15) is 4.79 Å². The van der Waals surface area contributed by atoms with Crippen LogP contribution in [0.2, 0.25) is 10.0 Å². The SMILES string of the molecule is Nc1c(-c2ccc(Cl)c3[nH]ncc23)c2cc(Cl)c3ncccc3c2[nH]c1=O. The topological polar surface area (TPSA) is 100 Å². The van der Waals surface area contributed by atoms with E-state index >= 15 is 0 Å². The van der Waals surface area contributed by atoms with Gasteiger partial charge in [0.1, 0.15) is 5.69 Å². The number of aromatic amines is 2. The standard InChI is InChI=1S/C19H11Cl2N5O/c20-12-4-3-8(11-7-24-26-18(11)12)14-10-6-13(21)17-9(2-1-5-23-17)16(10)25-19(27)15(14)22/h1-7H,22H2,(H,24,26)(H,25,27). The van der Waals surface area contributed by atoms with Crippen molar-refractivity contribution in [3.05, 3.63) is 63.1 Å². The molecule has 8 heteroatoms. The van der Waals surface area contributed by atoms with Crippen LogP contribution in [0.4, 0.5) is 5.69 Å². The van der Waals surface area contributed by atoms with E-state index in [1.807, 2.05) is 12.1 Å². The molecule has 0 radical (unpaired) electrons. The zero-order valence-electron chi connectivity index (χ0n) is 13.7. The van der Waals surface area contributed by atoms with Crippen molar-refractivity contribution in [2.75, 3.05) is 5.73 Å². The quantitative estimate of drug-likeness (QED) is 0.363. The number of H-pyrrole nitrogens is 2. The molecule has 0 atom stereocenters. The summed E-state index contributed by atoms with van der Waals surface area (Å²) in [7, 11) is 0. The van der Waals surface area contributed by atoms with Gasteiger partial charge in [-0.2, -0.15) is 5.10 Å². The number of pyridine rings is 2. The molecule has 132 valence electrons. The molecular weight excluding hydrogens is 385 g/mol. The van der Waals surface area contributed by atoms with Gasteiger partial charge in [-0.1, -0.05) is 29.3 Å². The van der Waals surface area contributed by atoms with Crippen LogP contribution in [0.15, 0.2) is 47.5 Å². The number of nitrogens with two attached hydrogens (primary N) is 1. The minimum absolute atomic E-state index is 0.103. The Labute approximate surface area is 161 Å². The predicted octanol–water partition coefficient (Wildman–Crippen LogP) is 4.51. The predicted molar refractivity (Wildman–Crippen MR) is 109 cm³/mol. The molecule has 5 rings (SSSR count). The maximum absolute atomic E-state index is 12.6. The van der Waals surface area contributed by atoms with E-state index in [0.717, 1.165) is 21.7 Å². The highest BCUT2D eigenvalue weighted by Crippen LogP contribution is 2.40. The van der Waals surface area contributed by atoms with Crippen molar-refractivity contribution in [3.63, 3.8) is 0 Å². The first kappa shape index (κ1) is 16.1. The number of benzene rings is 2. The maximum Gasteiger partial charge on any atom is 0.272 e. The van der Waals surface area contributed by atoms with E-state index in [1.54, 1.807) is 30.6 Å². The maximum atomic E-state index is 12.6. The molecule has 0 unspecified atom stereocenters. The zero-order valence-corrected chi connectivity index (χ0v) is 15.2. The number of halogens is 2. The Hall–Kier alpha value is -3.09. The normalized spacial score (nSPS) is 11.6. The number of aromatic nitrogens is 4. The summed E-state index contributed by atoms with van der Waals surface area (Å²) in [6, 6.07) is 9.00. The molecule has 0 aliphatic heterocycles. The third-order valence-corrected chi connectivity index (χ3v) is 5.30. The number of hydrogen-bond acceptors (Lipinski definition) is 4. The summed E-state index contributed by atoms with van der Waals surface area (Å²) in [6.07, 6.45) is 3.32. The highest BCUT2D eigenvalue weighted by molar-refractivity contribution is 6.38. The third kappa shape index (κ3) is 2.24. The molecule has 0 aliphatic carbocycles. The summed E-state index contributed by atoms with van der Waals surface area (Å²) in [4.78, 5) is 19.8. The first-order valence-corrected chi connectivity index (χ1v) is 8.82. The van der Waals surface area contributed by atoms with Crippen molar-refractivity contribution < 1.29 is 0 Å². The second-order valence-corrected chi connectivity index (χ2v) is 6.99. The molecule has 0 bridgehead atoms. The van der Waals surface area contributed by atoms with Crippen molar-refractivity contribution >= 4 is 61.6 Å². The van der Waals surface area contributed by atoms with Gasteiger partial charge in [-0.15, -0.1) is 0 Å². The molecular formula is C19H11Cl2N5O. The van der Waals surface area contributed by atoms with Gasteiger partial charge in [0.05, 0.1) is 32.8 Å². The summed E-state index contributed by atoms with van der Waals surface area (Å²) >= 11 is 12.7. The number of rotatable bonds is 1. The number of fused-ring (bicyclic) bond motifs is 4. The Morgan fingerprint density at radius 1 is 1.00 bits per heavy atom. The van der Waals surface area contributed by atoms with Gasteiger partial charge >= 0.3 is 0 Å². The van der Waals surface area contributed by atoms with Gasteiger partial charge in [0, 0.05) is 27.9 Å². The van der Waals surface area contributed by atoms with Gasteiger partial charge in [0.25, 0.3) is 5.56 Å². The largest absolute Gasteiger partial charge is 0.394 e. The molecule has 0 saturated carbocycles. The highest BCUT2D eigenvalue weighted by atomic mass is 35.5.